The predicted molar refractivity (Wildman–Crippen MR) is 71.1 cm³/mol. The fourth-order valence-electron chi connectivity index (χ4n) is 2.74. The summed E-state index contributed by atoms with van der Waals surface area (Å²) in [6, 6.07) is 0. The molecule has 0 spiro atoms. The molecular formula is C15H32. The summed E-state index contributed by atoms with van der Waals surface area (Å²) >= 11 is 0. The minimum atomic E-state index is 0.711. The van der Waals surface area contributed by atoms with Gasteiger partial charge in [-0.1, -0.05) is 48.5 Å². The van der Waals surface area contributed by atoms with Crippen molar-refractivity contribution in [2.45, 2.75) is 74.1 Å². The molecule has 0 aliphatic heterocycles. The summed E-state index contributed by atoms with van der Waals surface area (Å²) in [7, 11) is 0. The summed E-state index contributed by atoms with van der Waals surface area (Å²) in [5.41, 5.74) is 0.711. The van der Waals surface area contributed by atoms with E-state index in [-0.39, 0.29) is 0 Å². The van der Waals surface area contributed by atoms with E-state index in [1.165, 1.54) is 25.7 Å². The van der Waals surface area contributed by atoms with Gasteiger partial charge < -0.3 is 0 Å². The Morgan fingerprint density at radius 2 is 1.60 bits per heavy atom. The zero-order chi connectivity index (χ0) is 12.1. The highest BCUT2D eigenvalue weighted by atomic mass is 14.4. The third kappa shape index (κ3) is 5.04. The van der Waals surface area contributed by atoms with E-state index in [1.54, 1.807) is 0 Å². The Kier molecular flexibility index (Phi) is 6.55. The van der Waals surface area contributed by atoms with Gasteiger partial charge in [0.1, 0.15) is 0 Å². The number of hydrogen-bond donors (Lipinski definition) is 0. The molecule has 0 aromatic carbocycles. The van der Waals surface area contributed by atoms with Crippen molar-refractivity contribution in [1.82, 2.24) is 0 Å². The van der Waals surface area contributed by atoms with Gasteiger partial charge in [0.25, 0.3) is 0 Å². The molecule has 1 unspecified atom stereocenters. The van der Waals surface area contributed by atoms with Gasteiger partial charge in [-0.2, -0.15) is 0 Å². The van der Waals surface area contributed by atoms with E-state index in [0.717, 1.165) is 17.8 Å². The molecule has 0 heterocycles. The van der Waals surface area contributed by atoms with E-state index in [2.05, 4.69) is 34.6 Å². The van der Waals surface area contributed by atoms with E-state index in [0.29, 0.717) is 5.41 Å². The van der Waals surface area contributed by atoms with Crippen LogP contribution in [0.1, 0.15) is 74.1 Å². The smallest absolute Gasteiger partial charge is 0.0321 e. The van der Waals surface area contributed by atoms with Crippen LogP contribution in [0.4, 0.5) is 0 Å². The standard InChI is InChI=1S/C13H26.C2H6/c1-10(2)12(4)6-7-13(5)8-11(3)9-13;1-2/h10-12H,6-9H2,1-5H3;1-2H3. The van der Waals surface area contributed by atoms with E-state index in [4.69, 9.17) is 0 Å². The maximum atomic E-state index is 2.47. The SMILES string of the molecule is CC.CC1CC(C)(CCC(C)C(C)C)C1. The van der Waals surface area contributed by atoms with Crippen LogP contribution < -0.4 is 0 Å². The third-order valence-electron chi connectivity index (χ3n) is 4.02. The van der Waals surface area contributed by atoms with Gasteiger partial charge in [0.2, 0.25) is 0 Å². The Morgan fingerprint density at radius 3 is 1.93 bits per heavy atom. The maximum absolute atomic E-state index is 2.47. The monoisotopic (exact) mass is 212 g/mol. The average molecular weight is 212 g/mol. The minimum absolute atomic E-state index is 0.711. The van der Waals surface area contributed by atoms with Gasteiger partial charge in [-0.25, -0.2) is 0 Å². The summed E-state index contributed by atoms with van der Waals surface area (Å²) < 4.78 is 0. The van der Waals surface area contributed by atoms with E-state index < -0.39 is 0 Å². The maximum Gasteiger partial charge on any atom is -0.0321 e. The van der Waals surface area contributed by atoms with Crippen LogP contribution in [0.2, 0.25) is 0 Å². The summed E-state index contributed by atoms with van der Waals surface area (Å²) in [6.45, 7) is 15.9. The molecule has 0 bridgehead atoms. The molecule has 1 rings (SSSR count). The highest BCUT2D eigenvalue weighted by molar-refractivity contribution is 4.88. The summed E-state index contributed by atoms with van der Waals surface area (Å²) in [4.78, 5) is 0. The number of rotatable bonds is 4. The molecule has 92 valence electrons. The van der Waals surface area contributed by atoms with Gasteiger partial charge in [0, 0.05) is 0 Å². The molecule has 0 aromatic heterocycles. The molecule has 0 aromatic rings. The first-order valence-electron chi connectivity index (χ1n) is 6.93. The molecule has 0 nitrogen and oxygen atoms in total. The van der Waals surface area contributed by atoms with Crippen LogP contribution in [0.15, 0.2) is 0 Å². The van der Waals surface area contributed by atoms with Gasteiger partial charge in [-0.05, 0) is 48.9 Å². The molecule has 1 aliphatic carbocycles. The summed E-state index contributed by atoms with van der Waals surface area (Å²) in [5.74, 6) is 2.77. The van der Waals surface area contributed by atoms with Gasteiger partial charge in [-0.3, -0.25) is 0 Å². The minimum Gasteiger partial charge on any atom is -0.0683 e. The fraction of sp³-hybridized carbons (Fsp3) is 1.00. The van der Waals surface area contributed by atoms with Crippen LogP contribution in [-0.4, -0.2) is 0 Å². The lowest BCUT2D eigenvalue weighted by atomic mass is 9.61. The second-order valence-electron chi connectivity index (χ2n) is 6.08. The molecule has 1 saturated carbocycles. The molecule has 0 N–H and O–H groups in total. The van der Waals surface area contributed by atoms with E-state index >= 15 is 0 Å². The molecule has 1 aliphatic rings. The van der Waals surface area contributed by atoms with Gasteiger partial charge in [0.15, 0.2) is 0 Å². The Morgan fingerprint density at radius 1 is 1.13 bits per heavy atom. The Balaban J connectivity index is 0.000000921. The quantitative estimate of drug-likeness (QED) is 0.575. The number of hydrogen-bond acceptors (Lipinski definition) is 0. The van der Waals surface area contributed by atoms with Gasteiger partial charge in [0.05, 0.1) is 0 Å². The molecule has 1 atom stereocenters. The van der Waals surface area contributed by atoms with Crippen LogP contribution in [-0.2, 0) is 0 Å². The van der Waals surface area contributed by atoms with Gasteiger partial charge >= 0.3 is 0 Å². The zero-order valence-electron chi connectivity index (χ0n) is 12.1. The molecule has 0 heteroatoms. The first-order chi connectivity index (χ1) is 6.93. The molecular weight excluding hydrogens is 180 g/mol. The predicted octanol–water partition coefficient (Wildman–Crippen LogP) is 5.52. The lowest BCUT2D eigenvalue weighted by Gasteiger charge is -2.44. The molecule has 15 heavy (non-hydrogen) atoms. The van der Waals surface area contributed by atoms with Crippen molar-refractivity contribution in [2.75, 3.05) is 0 Å². The lowest BCUT2D eigenvalue weighted by Crippen LogP contribution is -2.33. The fourth-order valence-corrected chi connectivity index (χ4v) is 2.74. The normalized spacial score (nSPS) is 31.6. The Hall–Kier alpha value is 0. The van der Waals surface area contributed by atoms with Crippen molar-refractivity contribution in [3.63, 3.8) is 0 Å². The van der Waals surface area contributed by atoms with Crippen molar-refractivity contribution >= 4 is 0 Å². The molecule has 1 fully saturated rings. The van der Waals surface area contributed by atoms with Gasteiger partial charge in [-0.15, -0.1) is 0 Å². The van der Waals surface area contributed by atoms with Crippen molar-refractivity contribution in [2.24, 2.45) is 23.2 Å². The van der Waals surface area contributed by atoms with Crippen LogP contribution in [0, 0.1) is 23.2 Å². The Labute approximate surface area is 97.8 Å². The third-order valence-corrected chi connectivity index (χ3v) is 4.02. The van der Waals surface area contributed by atoms with Crippen LogP contribution in [0.25, 0.3) is 0 Å². The lowest BCUT2D eigenvalue weighted by molar-refractivity contribution is 0.0674. The first-order valence-corrected chi connectivity index (χ1v) is 6.93. The van der Waals surface area contributed by atoms with Crippen molar-refractivity contribution in [3.8, 4) is 0 Å². The van der Waals surface area contributed by atoms with Crippen molar-refractivity contribution in [3.05, 3.63) is 0 Å². The highest BCUT2D eigenvalue weighted by Crippen LogP contribution is 2.48. The molecule has 0 saturated heterocycles. The van der Waals surface area contributed by atoms with Crippen molar-refractivity contribution in [1.29, 1.82) is 0 Å². The van der Waals surface area contributed by atoms with Crippen molar-refractivity contribution < 1.29 is 0 Å². The largest absolute Gasteiger partial charge is 0.0683 e. The highest BCUT2D eigenvalue weighted by Gasteiger charge is 2.37. The summed E-state index contributed by atoms with van der Waals surface area (Å²) in [6.07, 6.45) is 5.83. The Bertz CT molecular complexity index is 151. The first kappa shape index (κ1) is 15.0. The van der Waals surface area contributed by atoms with E-state index in [1.807, 2.05) is 13.8 Å². The zero-order valence-corrected chi connectivity index (χ0v) is 12.1. The average Bonchev–Trinajstić information content (AvgIpc) is 2.15. The van der Waals surface area contributed by atoms with Crippen LogP contribution in [0.5, 0.6) is 0 Å². The second kappa shape index (κ2) is 6.55. The van der Waals surface area contributed by atoms with E-state index in [9.17, 15) is 0 Å². The molecule has 0 radical (unpaired) electrons. The molecule has 0 amide bonds. The second-order valence-corrected chi connectivity index (χ2v) is 6.08. The van der Waals surface area contributed by atoms with Crippen LogP contribution >= 0.6 is 0 Å². The van der Waals surface area contributed by atoms with Crippen LogP contribution in [0.3, 0.4) is 0 Å². The topological polar surface area (TPSA) is 0 Å². The summed E-state index contributed by atoms with van der Waals surface area (Å²) in [5, 5.41) is 0.